The van der Waals surface area contributed by atoms with E-state index in [1.165, 1.54) is 17.7 Å². The van der Waals surface area contributed by atoms with Gasteiger partial charge >= 0.3 is 6.18 Å². The summed E-state index contributed by atoms with van der Waals surface area (Å²) in [4.78, 5) is 3.61. The van der Waals surface area contributed by atoms with E-state index in [1.54, 1.807) is 0 Å². The van der Waals surface area contributed by atoms with Gasteiger partial charge in [-0.3, -0.25) is 0 Å². The van der Waals surface area contributed by atoms with Gasteiger partial charge in [0.15, 0.2) is 5.75 Å². The third-order valence-electron chi connectivity index (χ3n) is 3.32. The summed E-state index contributed by atoms with van der Waals surface area (Å²) in [7, 11) is 0. The Bertz CT molecular complexity index is 822. The quantitative estimate of drug-likeness (QED) is 0.356. The molecular weight excluding hydrogens is 477 g/mol. The summed E-state index contributed by atoms with van der Waals surface area (Å²) >= 11 is 23.5. The molecule has 1 aromatic carbocycles. The van der Waals surface area contributed by atoms with Gasteiger partial charge in [0.25, 0.3) is 0 Å². The van der Waals surface area contributed by atoms with Crippen molar-refractivity contribution in [2.45, 2.75) is 12.6 Å². The summed E-state index contributed by atoms with van der Waals surface area (Å²) < 4.78 is 53.7. The molecule has 29 heavy (non-hydrogen) atoms. The Morgan fingerprint density at radius 2 is 1.69 bits per heavy atom. The second kappa shape index (κ2) is 11.0. The zero-order chi connectivity index (χ0) is 21.4. The van der Waals surface area contributed by atoms with Gasteiger partial charge in [0.1, 0.15) is 12.4 Å². The molecule has 2 rings (SSSR count). The molecule has 0 fully saturated rings. The summed E-state index contributed by atoms with van der Waals surface area (Å²) in [6.45, 7) is 0.451. The molecule has 11 heteroatoms. The zero-order valence-corrected chi connectivity index (χ0v) is 17.6. The molecule has 1 heterocycles. The summed E-state index contributed by atoms with van der Waals surface area (Å²) in [6.07, 6.45) is -3.31. The van der Waals surface area contributed by atoms with Gasteiger partial charge in [0.05, 0.1) is 33.9 Å². The Hall–Kier alpha value is -1.54. The topological polar surface area (TPSA) is 40.6 Å². The fourth-order valence-corrected chi connectivity index (χ4v) is 2.68. The monoisotopic (exact) mass is 489 g/mol. The Labute approximate surface area is 185 Å². The van der Waals surface area contributed by atoms with E-state index < -0.39 is 11.7 Å². The van der Waals surface area contributed by atoms with E-state index in [9.17, 15) is 13.2 Å². The molecule has 0 spiro atoms. The van der Waals surface area contributed by atoms with Crippen molar-refractivity contribution in [2.24, 2.45) is 0 Å². The number of pyridine rings is 1. The van der Waals surface area contributed by atoms with Crippen molar-refractivity contribution in [1.29, 1.82) is 0 Å². The Kier molecular flexibility index (Phi) is 9.02. The third-order valence-corrected chi connectivity index (χ3v) is 4.47. The van der Waals surface area contributed by atoms with Crippen LogP contribution in [0.25, 0.3) is 0 Å². The number of hydrogen-bond acceptors (Lipinski definition) is 4. The van der Waals surface area contributed by atoms with Gasteiger partial charge in [-0.05, 0) is 6.07 Å². The fraction of sp³-hybridized carbons (Fsp3) is 0.278. The summed E-state index contributed by atoms with van der Waals surface area (Å²) in [5.74, 6) is 0.744. The molecule has 4 nitrogen and oxygen atoms in total. The summed E-state index contributed by atoms with van der Waals surface area (Å²) in [5, 5.41) is 0.786. The molecular formula is C18H14Cl4F3NO3. The van der Waals surface area contributed by atoms with E-state index in [0.717, 1.165) is 12.1 Å². The van der Waals surface area contributed by atoms with Crippen LogP contribution in [0.2, 0.25) is 10.0 Å². The van der Waals surface area contributed by atoms with Crippen molar-refractivity contribution in [1.82, 2.24) is 4.98 Å². The van der Waals surface area contributed by atoms with E-state index in [4.69, 9.17) is 60.6 Å². The van der Waals surface area contributed by atoms with Crippen LogP contribution in [0.4, 0.5) is 13.2 Å². The van der Waals surface area contributed by atoms with E-state index in [1.807, 2.05) is 0 Å². The van der Waals surface area contributed by atoms with Gasteiger partial charge in [-0.15, -0.1) is 0 Å². The van der Waals surface area contributed by atoms with E-state index in [2.05, 4.69) is 4.98 Å². The number of aromatic nitrogens is 1. The maximum absolute atomic E-state index is 12.5. The van der Waals surface area contributed by atoms with Crippen molar-refractivity contribution in [2.75, 3.05) is 19.8 Å². The Balaban J connectivity index is 1.80. The molecule has 1 aromatic heterocycles. The van der Waals surface area contributed by atoms with Crippen molar-refractivity contribution >= 4 is 46.4 Å². The number of ether oxygens (including phenoxy) is 3. The van der Waals surface area contributed by atoms with Crippen LogP contribution in [-0.2, 0) is 6.18 Å². The first-order chi connectivity index (χ1) is 13.7. The zero-order valence-electron chi connectivity index (χ0n) is 14.6. The largest absolute Gasteiger partial charge is 0.490 e. The second-order valence-corrected chi connectivity index (χ2v) is 7.01. The number of halogens is 7. The molecule has 0 aliphatic heterocycles. The number of alkyl halides is 3. The first-order valence-corrected chi connectivity index (χ1v) is 9.63. The fourth-order valence-electron chi connectivity index (χ4n) is 1.98. The van der Waals surface area contributed by atoms with Gasteiger partial charge in [-0.25, -0.2) is 4.98 Å². The lowest BCUT2D eigenvalue weighted by atomic mass is 10.3. The second-order valence-electron chi connectivity index (χ2n) is 5.49. The molecule has 0 saturated carbocycles. The average molecular weight is 491 g/mol. The molecule has 0 amide bonds. The van der Waals surface area contributed by atoms with E-state index in [-0.39, 0.29) is 41.5 Å². The lowest BCUT2D eigenvalue weighted by Gasteiger charge is -2.13. The van der Waals surface area contributed by atoms with Crippen LogP contribution >= 0.6 is 46.4 Å². The normalized spacial score (nSPS) is 12.0. The third kappa shape index (κ3) is 7.66. The first-order valence-electron chi connectivity index (χ1n) is 8.06. The average Bonchev–Trinajstić information content (AvgIpc) is 2.67. The van der Waals surface area contributed by atoms with Crippen LogP contribution in [-0.4, -0.2) is 24.8 Å². The molecule has 158 valence electrons. The standard InChI is InChI=1S/C18H14Cl4F3NO3/c19-8-12(20)10-29-13-6-14(21)17(15(22)7-13)28-5-1-4-27-16-3-2-11(9-26-16)18(23,24)25/h2-3,6-9H,1,4-5,10H2/b12-8-. The molecule has 0 bridgehead atoms. The van der Waals surface area contributed by atoms with E-state index in [0.29, 0.717) is 23.4 Å². The van der Waals surface area contributed by atoms with Crippen molar-refractivity contribution in [3.63, 3.8) is 0 Å². The number of rotatable bonds is 9. The van der Waals surface area contributed by atoms with Crippen LogP contribution in [0.15, 0.2) is 41.0 Å². The summed E-state index contributed by atoms with van der Waals surface area (Å²) in [5.41, 5.74) is 0.343. The van der Waals surface area contributed by atoms with Crippen LogP contribution in [0.1, 0.15) is 12.0 Å². The minimum atomic E-state index is -4.44. The highest BCUT2D eigenvalue weighted by Gasteiger charge is 2.30. The van der Waals surface area contributed by atoms with Crippen LogP contribution in [0, 0.1) is 0 Å². The van der Waals surface area contributed by atoms with Crippen LogP contribution in [0.5, 0.6) is 17.4 Å². The van der Waals surface area contributed by atoms with Crippen LogP contribution in [0.3, 0.4) is 0 Å². The highest BCUT2D eigenvalue weighted by atomic mass is 35.5. The minimum absolute atomic E-state index is 0.0627. The first kappa shape index (κ1) is 23.7. The molecule has 0 radical (unpaired) electrons. The predicted octanol–water partition coefficient (Wildman–Crippen LogP) is 6.95. The Morgan fingerprint density at radius 3 is 2.24 bits per heavy atom. The van der Waals surface area contributed by atoms with Gasteiger partial charge in [-0.1, -0.05) is 46.4 Å². The van der Waals surface area contributed by atoms with Gasteiger partial charge in [-0.2, -0.15) is 13.2 Å². The molecule has 2 aromatic rings. The van der Waals surface area contributed by atoms with E-state index >= 15 is 0 Å². The molecule has 0 aliphatic carbocycles. The smallest absolute Gasteiger partial charge is 0.417 e. The van der Waals surface area contributed by atoms with Crippen LogP contribution < -0.4 is 14.2 Å². The Morgan fingerprint density at radius 1 is 1.03 bits per heavy atom. The van der Waals surface area contributed by atoms with Crippen molar-refractivity contribution < 1.29 is 27.4 Å². The highest BCUT2D eigenvalue weighted by molar-refractivity contribution is 6.37. The number of benzene rings is 1. The number of nitrogens with zero attached hydrogens (tertiary/aromatic N) is 1. The molecule has 0 aliphatic rings. The molecule has 0 atom stereocenters. The minimum Gasteiger partial charge on any atom is -0.490 e. The molecule has 0 saturated heterocycles. The number of hydrogen-bond donors (Lipinski definition) is 0. The van der Waals surface area contributed by atoms with Gasteiger partial charge < -0.3 is 14.2 Å². The maximum atomic E-state index is 12.5. The molecule has 0 N–H and O–H groups in total. The lowest BCUT2D eigenvalue weighted by Crippen LogP contribution is -2.08. The predicted molar refractivity (Wildman–Crippen MR) is 107 cm³/mol. The van der Waals surface area contributed by atoms with Gasteiger partial charge in [0.2, 0.25) is 5.88 Å². The summed E-state index contributed by atoms with van der Waals surface area (Å²) in [6, 6.07) is 5.09. The van der Waals surface area contributed by atoms with Crippen molar-refractivity contribution in [3.8, 4) is 17.4 Å². The molecule has 0 unspecified atom stereocenters. The maximum Gasteiger partial charge on any atom is 0.417 e. The lowest BCUT2D eigenvalue weighted by molar-refractivity contribution is -0.137. The van der Waals surface area contributed by atoms with Gasteiger partial charge in [0, 0.05) is 36.4 Å². The SMILES string of the molecule is FC(F)(F)c1ccc(OCCCOc2c(Cl)cc(OC/C(Cl)=C/Cl)cc2Cl)nc1. The van der Waals surface area contributed by atoms with Crippen molar-refractivity contribution in [3.05, 3.63) is 56.6 Å². The highest BCUT2D eigenvalue weighted by Crippen LogP contribution is 2.37.